The van der Waals surface area contributed by atoms with Gasteiger partial charge in [-0.05, 0) is 26.2 Å². The van der Waals surface area contributed by atoms with Gasteiger partial charge in [0.25, 0.3) is 0 Å². The zero-order valence-corrected chi connectivity index (χ0v) is 18.7. The lowest BCUT2D eigenvalue weighted by molar-refractivity contribution is -0.127. The molecule has 0 radical (unpaired) electrons. The second-order valence-electron chi connectivity index (χ2n) is 6.82. The first-order chi connectivity index (χ1) is 11.5. The van der Waals surface area contributed by atoms with Crippen LogP contribution >= 0.6 is 24.0 Å². The average Bonchev–Trinajstić information content (AvgIpc) is 2.84. The van der Waals surface area contributed by atoms with Gasteiger partial charge in [0, 0.05) is 26.7 Å². The highest BCUT2D eigenvalue weighted by molar-refractivity contribution is 14.0. The van der Waals surface area contributed by atoms with Crippen LogP contribution in [0.4, 0.5) is 0 Å². The van der Waals surface area contributed by atoms with Gasteiger partial charge in [-0.25, -0.2) is 4.99 Å². The van der Waals surface area contributed by atoms with E-state index in [9.17, 15) is 4.79 Å². The number of carbonyl (C=O) groups excluding carboxylic acids is 1. The fraction of sp³-hybridized carbons (Fsp3) is 0.889. The van der Waals surface area contributed by atoms with E-state index in [0.717, 1.165) is 6.42 Å². The normalized spacial score (nSPS) is 17.2. The third-order valence-electron chi connectivity index (χ3n) is 4.42. The third-order valence-corrected chi connectivity index (χ3v) is 4.42. The lowest BCUT2D eigenvalue weighted by Crippen LogP contribution is -2.44. The predicted octanol–water partition coefficient (Wildman–Crippen LogP) is 2.77. The minimum Gasteiger partial charge on any atom is -0.376 e. The Kier molecular flexibility index (Phi) is 14.3. The van der Waals surface area contributed by atoms with Crippen LogP contribution in [0, 0.1) is 0 Å². The number of rotatable bonds is 8. The van der Waals surface area contributed by atoms with Crippen molar-refractivity contribution in [3.8, 4) is 0 Å². The quantitative estimate of drug-likeness (QED) is 0.189. The largest absolute Gasteiger partial charge is 0.376 e. The maximum atomic E-state index is 11.7. The molecule has 0 saturated heterocycles. The molecule has 1 amide bonds. The Hall–Kier alpha value is -0.570. The molecule has 7 heteroatoms. The Morgan fingerprint density at radius 1 is 1.24 bits per heavy atom. The summed E-state index contributed by atoms with van der Waals surface area (Å²) in [5, 5.41) is 6.60. The van der Waals surface area contributed by atoms with Gasteiger partial charge in [-0.3, -0.25) is 4.79 Å². The second-order valence-corrected chi connectivity index (χ2v) is 6.82. The third kappa shape index (κ3) is 11.6. The van der Waals surface area contributed by atoms with Crippen LogP contribution in [0.25, 0.3) is 0 Å². The molecular formula is C18H37IN4O2. The molecule has 1 aliphatic rings. The monoisotopic (exact) mass is 468 g/mol. The van der Waals surface area contributed by atoms with Gasteiger partial charge in [-0.1, -0.05) is 32.6 Å². The van der Waals surface area contributed by atoms with E-state index >= 15 is 0 Å². The van der Waals surface area contributed by atoms with E-state index in [0.29, 0.717) is 31.3 Å². The molecule has 0 aromatic heterocycles. The SMILES string of the molecule is CCC(C)NC(=NCC(=O)N(C)C)NCCOC1CCCCCC1.I. The van der Waals surface area contributed by atoms with Gasteiger partial charge in [0.2, 0.25) is 5.91 Å². The van der Waals surface area contributed by atoms with Crippen molar-refractivity contribution in [3.63, 3.8) is 0 Å². The highest BCUT2D eigenvalue weighted by Gasteiger charge is 2.12. The molecule has 1 atom stereocenters. The van der Waals surface area contributed by atoms with Crippen molar-refractivity contribution >= 4 is 35.8 Å². The number of aliphatic imine (C=N–C) groups is 1. The first-order valence-electron chi connectivity index (χ1n) is 9.39. The molecule has 148 valence electrons. The van der Waals surface area contributed by atoms with Crippen molar-refractivity contribution in [2.24, 2.45) is 4.99 Å². The van der Waals surface area contributed by atoms with Crippen LogP contribution in [0.2, 0.25) is 0 Å². The van der Waals surface area contributed by atoms with E-state index in [2.05, 4.69) is 29.5 Å². The summed E-state index contributed by atoms with van der Waals surface area (Å²) in [7, 11) is 3.49. The van der Waals surface area contributed by atoms with Crippen LogP contribution in [0.15, 0.2) is 4.99 Å². The van der Waals surface area contributed by atoms with Gasteiger partial charge >= 0.3 is 0 Å². The minimum absolute atomic E-state index is 0. The van der Waals surface area contributed by atoms with Crippen molar-refractivity contribution in [2.75, 3.05) is 33.8 Å². The number of likely N-dealkylation sites (N-methyl/N-ethyl adjacent to an activating group) is 1. The van der Waals surface area contributed by atoms with Gasteiger partial charge < -0.3 is 20.3 Å². The maximum absolute atomic E-state index is 11.7. The number of amides is 1. The number of carbonyl (C=O) groups is 1. The van der Waals surface area contributed by atoms with Gasteiger partial charge in [-0.15, -0.1) is 24.0 Å². The van der Waals surface area contributed by atoms with Gasteiger partial charge in [0.15, 0.2) is 5.96 Å². The molecule has 0 heterocycles. The smallest absolute Gasteiger partial charge is 0.243 e. The Labute approximate surface area is 170 Å². The van der Waals surface area contributed by atoms with Crippen molar-refractivity contribution < 1.29 is 9.53 Å². The molecule has 0 bridgehead atoms. The molecule has 1 saturated carbocycles. The van der Waals surface area contributed by atoms with E-state index in [1.165, 1.54) is 38.5 Å². The Morgan fingerprint density at radius 2 is 1.88 bits per heavy atom. The lowest BCUT2D eigenvalue weighted by Gasteiger charge is -2.19. The molecular weight excluding hydrogens is 431 g/mol. The molecule has 1 unspecified atom stereocenters. The Balaban J connectivity index is 0.00000576. The summed E-state index contributed by atoms with van der Waals surface area (Å²) < 4.78 is 5.99. The van der Waals surface area contributed by atoms with E-state index in [1.807, 2.05) is 0 Å². The lowest BCUT2D eigenvalue weighted by atomic mass is 10.1. The van der Waals surface area contributed by atoms with Crippen LogP contribution in [-0.4, -0.2) is 62.7 Å². The van der Waals surface area contributed by atoms with Gasteiger partial charge in [-0.2, -0.15) is 0 Å². The second kappa shape index (κ2) is 14.6. The molecule has 1 fully saturated rings. The van der Waals surface area contributed by atoms with Crippen LogP contribution in [0.1, 0.15) is 58.8 Å². The number of nitrogens with zero attached hydrogens (tertiary/aromatic N) is 2. The zero-order valence-electron chi connectivity index (χ0n) is 16.3. The highest BCUT2D eigenvalue weighted by atomic mass is 127. The number of halogens is 1. The average molecular weight is 468 g/mol. The molecule has 1 rings (SSSR count). The number of nitrogens with one attached hydrogen (secondary N) is 2. The van der Waals surface area contributed by atoms with E-state index in [4.69, 9.17) is 4.74 Å². The Bertz CT molecular complexity index is 383. The standard InChI is InChI=1S/C18H36N4O2.HI/c1-5-15(2)21-18(20-14-17(23)22(3)4)19-12-13-24-16-10-8-6-7-9-11-16;/h15-16H,5-14H2,1-4H3,(H2,19,20,21);1H. The van der Waals surface area contributed by atoms with Crippen molar-refractivity contribution in [2.45, 2.75) is 70.9 Å². The van der Waals surface area contributed by atoms with E-state index in [-0.39, 0.29) is 36.4 Å². The van der Waals surface area contributed by atoms with Crippen molar-refractivity contribution in [1.29, 1.82) is 0 Å². The van der Waals surface area contributed by atoms with E-state index in [1.54, 1.807) is 19.0 Å². The number of ether oxygens (including phenoxy) is 1. The van der Waals surface area contributed by atoms with Crippen LogP contribution in [0.3, 0.4) is 0 Å². The van der Waals surface area contributed by atoms with Crippen LogP contribution < -0.4 is 10.6 Å². The fourth-order valence-corrected chi connectivity index (χ4v) is 2.58. The number of guanidine groups is 1. The Morgan fingerprint density at radius 3 is 2.44 bits per heavy atom. The zero-order chi connectivity index (χ0) is 17.8. The van der Waals surface area contributed by atoms with E-state index < -0.39 is 0 Å². The van der Waals surface area contributed by atoms with Crippen LogP contribution in [-0.2, 0) is 9.53 Å². The molecule has 2 N–H and O–H groups in total. The first-order valence-corrected chi connectivity index (χ1v) is 9.39. The molecule has 0 aromatic carbocycles. The first kappa shape index (κ1) is 24.4. The van der Waals surface area contributed by atoms with Gasteiger partial charge in [0.1, 0.15) is 6.54 Å². The summed E-state index contributed by atoms with van der Waals surface area (Å²) in [5.74, 6) is 0.680. The topological polar surface area (TPSA) is 66.0 Å². The maximum Gasteiger partial charge on any atom is 0.243 e. The highest BCUT2D eigenvalue weighted by Crippen LogP contribution is 2.19. The summed E-state index contributed by atoms with van der Waals surface area (Å²) >= 11 is 0. The molecule has 1 aliphatic carbocycles. The molecule has 0 aromatic rings. The fourth-order valence-electron chi connectivity index (χ4n) is 2.58. The summed E-state index contributed by atoms with van der Waals surface area (Å²) in [6.45, 7) is 5.76. The molecule has 0 aliphatic heterocycles. The summed E-state index contributed by atoms with van der Waals surface area (Å²) in [4.78, 5) is 17.6. The minimum atomic E-state index is -0.00467. The number of hydrogen-bond acceptors (Lipinski definition) is 3. The molecule has 6 nitrogen and oxygen atoms in total. The molecule has 0 spiro atoms. The van der Waals surface area contributed by atoms with Crippen molar-refractivity contribution in [3.05, 3.63) is 0 Å². The van der Waals surface area contributed by atoms with Crippen molar-refractivity contribution in [1.82, 2.24) is 15.5 Å². The van der Waals surface area contributed by atoms with Gasteiger partial charge in [0.05, 0.1) is 12.7 Å². The summed E-state index contributed by atoms with van der Waals surface area (Å²) in [5.41, 5.74) is 0. The summed E-state index contributed by atoms with van der Waals surface area (Å²) in [6.07, 6.45) is 9.03. The summed E-state index contributed by atoms with van der Waals surface area (Å²) in [6, 6.07) is 0.313. The molecule has 25 heavy (non-hydrogen) atoms. The van der Waals surface area contributed by atoms with Crippen LogP contribution in [0.5, 0.6) is 0 Å². The number of hydrogen-bond donors (Lipinski definition) is 2. The predicted molar refractivity (Wildman–Crippen MR) is 115 cm³/mol.